The first-order chi connectivity index (χ1) is 18.3. The maximum atomic E-state index is 13.2. The van der Waals surface area contributed by atoms with Gasteiger partial charge in [-0.25, -0.2) is 0 Å². The van der Waals surface area contributed by atoms with Gasteiger partial charge in [0.15, 0.2) is 11.6 Å². The molecule has 0 unspecified atom stereocenters. The van der Waals surface area contributed by atoms with Gasteiger partial charge in [0.1, 0.15) is 5.75 Å². The highest BCUT2D eigenvalue weighted by Gasteiger charge is 2.25. The Labute approximate surface area is 221 Å². The number of nitrogens with one attached hydrogen (secondary N) is 3. The van der Waals surface area contributed by atoms with E-state index in [1.54, 1.807) is 79.0 Å². The summed E-state index contributed by atoms with van der Waals surface area (Å²) in [7, 11) is 0. The third-order valence-corrected chi connectivity index (χ3v) is 7.04. The summed E-state index contributed by atoms with van der Waals surface area (Å²) in [6.45, 7) is 1.44. The van der Waals surface area contributed by atoms with E-state index in [4.69, 9.17) is 0 Å². The quantitative estimate of drug-likeness (QED) is 0.186. The summed E-state index contributed by atoms with van der Waals surface area (Å²) in [5, 5.41) is 18.2. The van der Waals surface area contributed by atoms with E-state index in [9.17, 15) is 24.3 Å². The van der Waals surface area contributed by atoms with Crippen LogP contribution in [0.2, 0.25) is 0 Å². The number of carbonyl (C=O) groups is 4. The van der Waals surface area contributed by atoms with Crippen LogP contribution >= 0.6 is 11.3 Å². The van der Waals surface area contributed by atoms with E-state index in [0.717, 1.165) is 11.3 Å². The lowest BCUT2D eigenvalue weighted by molar-refractivity contribution is -0.110. The Hall–Kier alpha value is -5.02. The maximum absolute atomic E-state index is 13.2. The van der Waals surface area contributed by atoms with Crippen molar-refractivity contribution in [3.8, 4) is 5.75 Å². The molecule has 1 aliphatic rings. The molecule has 0 spiro atoms. The van der Waals surface area contributed by atoms with Crippen LogP contribution < -0.4 is 16.0 Å². The number of anilines is 3. The largest absolute Gasteiger partial charge is 0.508 e. The maximum Gasteiger partial charge on any atom is 0.265 e. The van der Waals surface area contributed by atoms with Crippen LogP contribution in [0.1, 0.15) is 47.8 Å². The van der Waals surface area contributed by atoms with Gasteiger partial charge in [-0.3, -0.25) is 19.2 Å². The number of fused-ring (bicyclic) bond motifs is 1. The summed E-state index contributed by atoms with van der Waals surface area (Å²) in [6, 6.07) is 21.2. The molecule has 0 saturated carbocycles. The molecule has 38 heavy (non-hydrogen) atoms. The molecule has 2 amide bonds. The smallest absolute Gasteiger partial charge is 0.265 e. The van der Waals surface area contributed by atoms with Gasteiger partial charge in [0.25, 0.3) is 11.8 Å². The van der Waals surface area contributed by atoms with E-state index >= 15 is 0 Å². The van der Waals surface area contributed by atoms with E-state index in [-0.39, 0.29) is 29.1 Å². The number of phenolic OH excluding ortho intramolecular Hbond substituents is 1. The molecule has 4 aromatic rings. The molecule has 0 bridgehead atoms. The van der Waals surface area contributed by atoms with E-state index in [1.165, 1.54) is 13.0 Å². The van der Waals surface area contributed by atoms with Gasteiger partial charge in [-0.05, 0) is 49.4 Å². The van der Waals surface area contributed by atoms with Crippen molar-refractivity contribution in [3.05, 3.63) is 112 Å². The molecule has 0 radical (unpaired) electrons. The van der Waals surface area contributed by atoms with Gasteiger partial charge in [-0.2, -0.15) is 0 Å². The summed E-state index contributed by atoms with van der Waals surface area (Å²) >= 11 is 1.11. The van der Waals surface area contributed by atoms with Gasteiger partial charge in [0.2, 0.25) is 0 Å². The monoisotopic (exact) mass is 523 g/mol. The molecule has 1 aromatic heterocycles. The van der Waals surface area contributed by atoms with Gasteiger partial charge in [0.05, 0.1) is 15.3 Å². The van der Waals surface area contributed by atoms with Gasteiger partial charge in [-0.15, -0.1) is 11.3 Å². The second-order valence-corrected chi connectivity index (χ2v) is 9.64. The number of hydrogen-bond donors (Lipinski definition) is 4. The zero-order valence-corrected chi connectivity index (χ0v) is 20.9. The second kappa shape index (κ2) is 10.2. The number of ketones is 2. The van der Waals surface area contributed by atoms with E-state index < -0.39 is 0 Å². The van der Waals surface area contributed by atoms with Crippen molar-refractivity contribution in [1.29, 1.82) is 0 Å². The molecule has 2 heterocycles. The normalized spacial score (nSPS) is 13.1. The molecule has 3 aromatic carbocycles. The molecule has 0 atom stereocenters. The zero-order valence-electron chi connectivity index (χ0n) is 20.1. The molecular formula is C29H21N3O5S. The van der Waals surface area contributed by atoms with Crippen molar-refractivity contribution >= 4 is 57.4 Å². The highest BCUT2D eigenvalue weighted by molar-refractivity contribution is 7.16. The number of Topliss-reactive ketones (excluding diaryl/α,β-unsaturated/α-hetero) is 1. The van der Waals surface area contributed by atoms with Crippen molar-refractivity contribution in [1.82, 2.24) is 0 Å². The van der Waals surface area contributed by atoms with Crippen LogP contribution in [-0.2, 0) is 4.79 Å². The van der Waals surface area contributed by atoms with Gasteiger partial charge >= 0.3 is 0 Å². The van der Waals surface area contributed by atoms with Crippen LogP contribution in [-0.4, -0.2) is 28.5 Å². The molecular weight excluding hydrogens is 502 g/mol. The van der Waals surface area contributed by atoms with Crippen molar-refractivity contribution in [2.75, 3.05) is 16.0 Å². The molecule has 1 aliphatic heterocycles. The SMILES string of the molecule is CC(=O)c1ccc(C(=O)Nc2cccc(C(=O)c3ccc4c(c3)NC(=O)C4=CNc3cccc(O)c3)c2)s1. The minimum atomic E-state index is -0.369. The Balaban J connectivity index is 1.33. The standard InChI is InChI=1S/C29H21N3O5S/c1-16(33)25-10-11-26(38-25)29(37)31-20-6-2-4-17(12-20)27(35)18-8-9-22-23(28(36)32-24(22)13-18)15-30-19-5-3-7-21(34)14-19/h2-15,30,34H,1H3,(H,31,37)(H,32,36). The molecule has 188 valence electrons. The van der Waals surface area contributed by atoms with Crippen molar-refractivity contribution in [2.24, 2.45) is 0 Å². The number of benzene rings is 3. The van der Waals surface area contributed by atoms with Crippen molar-refractivity contribution < 1.29 is 24.3 Å². The number of amides is 2. The first kappa shape index (κ1) is 24.7. The molecule has 8 nitrogen and oxygen atoms in total. The fourth-order valence-electron chi connectivity index (χ4n) is 3.98. The van der Waals surface area contributed by atoms with Gasteiger partial charge in [0, 0.05) is 46.0 Å². The Bertz CT molecular complexity index is 1650. The van der Waals surface area contributed by atoms with Crippen LogP contribution in [0.15, 0.2) is 85.1 Å². The van der Waals surface area contributed by atoms with E-state index in [0.29, 0.717) is 49.1 Å². The average Bonchev–Trinajstić information content (AvgIpc) is 3.52. The Morgan fingerprint density at radius 3 is 2.37 bits per heavy atom. The lowest BCUT2D eigenvalue weighted by Crippen LogP contribution is -2.11. The molecule has 9 heteroatoms. The molecule has 0 aliphatic carbocycles. The molecule has 0 fully saturated rings. The minimum absolute atomic E-state index is 0.102. The van der Waals surface area contributed by atoms with Crippen LogP contribution in [0.25, 0.3) is 5.57 Å². The number of aromatic hydroxyl groups is 1. The number of phenols is 1. The van der Waals surface area contributed by atoms with Crippen LogP contribution in [0.5, 0.6) is 5.75 Å². The number of carbonyl (C=O) groups excluding carboxylic acids is 4. The summed E-state index contributed by atoms with van der Waals surface area (Å²) in [5.41, 5.74) is 3.35. The molecule has 4 N–H and O–H groups in total. The zero-order chi connectivity index (χ0) is 26.8. The first-order valence-electron chi connectivity index (χ1n) is 11.6. The van der Waals surface area contributed by atoms with E-state index in [1.807, 2.05) is 0 Å². The Morgan fingerprint density at radius 2 is 1.61 bits per heavy atom. The van der Waals surface area contributed by atoms with Gasteiger partial charge in [-0.1, -0.05) is 30.3 Å². The summed E-state index contributed by atoms with van der Waals surface area (Å²) in [6.07, 6.45) is 1.55. The average molecular weight is 524 g/mol. The van der Waals surface area contributed by atoms with Crippen molar-refractivity contribution in [3.63, 3.8) is 0 Å². The fourth-order valence-corrected chi connectivity index (χ4v) is 4.77. The second-order valence-electron chi connectivity index (χ2n) is 8.55. The van der Waals surface area contributed by atoms with Crippen molar-refractivity contribution in [2.45, 2.75) is 6.92 Å². The lowest BCUT2D eigenvalue weighted by atomic mass is 9.99. The minimum Gasteiger partial charge on any atom is -0.508 e. The Morgan fingerprint density at radius 1 is 0.868 bits per heavy atom. The molecule has 0 saturated heterocycles. The molecule has 5 rings (SSSR count). The number of hydrogen-bond acceptors (Lipinski definition) is 7. The topological polar surface area (TPSA) is 125 Å². The number of rotatable bonds is 7. The highest BCUT2D eigenvalue weighted by atomic mass is 32.1. The fraction of sp³-hybridized carbons (Fsp3) is 0.0345. The predicted molar refractivity (Wildman–Crippen MR) is 147 cm³/mol. The lowest BCUT2D eigenvalue weighted by Gasteiger charge is -2.08. The third-order valence-electron chi connectivity index (χ3n) is 5.85. The summed E-state index contributed by atoms with van der Waals surface area (Å²) < 4.78 is 0. The van der Waals surface area contributed by atoms with Crippen LogP contribution in [0.4, 0.5) is 17.1 Å². The first-order valence-corrected chi connectivity index (χ1v) is 12.4. The Kier molecular flexibility index (Phi) is 6.59. The summed E-state index contributed by atoms with van der Waals surface area (Å²) in [5.74, 6) is -0.967. The third kappa shape index (κ3) is 5.09. The van der Waals surface area contributed by atoms with Crippen LogP contribution in [0, 0.1) is 0 Å². The summed E-state index contributed by atoms with van der Waals surface area (Å²) in [4.78, 5) is 50.8. The van der Waals surface area contributed by atoms with E-state index in [2.05, 4.69) is 16.0 Å². The predicted octanol–water partition coefficient (Wildman–Crippen LogP) is 5.54. The number of thiophene rings is 1. The van der Waals surface area contributed by atoms with Crippen LogP contribution in [0.3, 0.4) is 0 Å². The van der Waals surface area contributed by atoms with Gasteiger partial charge < -0.3 is 21.1 Å². The highest BCUT2D eigenvalue weighted by Crippen LogP contribution is 2.33.